The Morgan fingerprint density at radius 1 is 0.800 bits per heavy atom. The van der Waals surface area contributed by atoms with Crippen LogP contribution in [0.5, 0.6) is 0 Å². The number of allylic oxidation sites excluding steroid dienone is 2. The van der Waals surface area contributed by atoms with Gasteiger partial charge in [-0.25, -0.2) is 0 Å². The Balaban J connectivity index is 3.26. The molecule has 0 spiro atoms. The quantitative estimate of drug-likeness (QED) is 0.208. The first-order valence-corrected chi connectivity index (χ1v) is 10.3. The van der Waals surface area contributed by atoms with Crippen molar-refractivity contribution in [2.45, 2.75) is 103 Å². The lowest BCUT2D eigenvalue weighted by Crippen LogP contribution is -2.25. The largest absolute Gasteiger partial charge is 0.457 e. The van der Waals surface area contributed by atoms with Gasteiger partial charge in [-0.3, -0.25) is 4.79 Å². The molecule has 0 heterocycles. The minimum atomic E-state index is -0.766. The zero-order chi connectivity index (χ0) is 18.6. The highest BCUT2D eigenvalue weighted by Gasteiger charge is 2.11. The maximum atomic E-state index is 11.5. The van der Waals surface area contributed by atoms with Crippen LogP contribution in [-0.2, 0) is 9.53 Å². The SMILES string of the molecule is CCCCCC/C=C\CCCCCCCCCC(=O)OC(CO)CO. The molecule has 0 bridgehead atoms. The molecule has 4 nitrogen and oxygen atoms in total. The van der Waals surface area contributed by atoms with Crippen LogP contribution in [0.25, 0.3) is 0 Å². The molecule has 25 heavy (non-hydrogen) atoms. The number of carbonyl (C=O) groups is 1. The van der Waals surface area contributed by atoms with Crippen LogP contribution < -0.4 is 0 Å². The second kappa shape index (κ2) is 19.5. The fraction of sp³-hybridized carbons (Fsp3) is 0.857. The van der Waals surface area contributed by atoms with Crippen molar-refractivity contribution in [3.05, 3.63) is 12.2 Å². The molecule has 0 fully saturated rings. The Kier molecular flexibility index (Phi) is 18.8. The normalized spacial score (nSPS) is 11.5. The van der Waals surface area contributed by atoms with Crippen LogP contribution >= 0.6 is 0 Å². The van der Waals surface area contributed by atoms with Crippen molar-refractivity contribution >= 4 is 5.97 Å². The summed E-state index contributed by atoms with van der Waals surface area (Å²) in [5.74, 6) is -0.324. The molecular weight excluding hydrogens is 316 g/mol. The van der Waals surface area contributed by atoms with Crippen LogP contribution in [0.1, 0.15) is 96.8 Å². The number of aliphatic hydroxyl groups is 2. The van der Waals surface area contributed by atoms with Gasteiger partial charge in [0.2, 0.25) is 0 Å². The van der Waals surface area contributed by atoms with Crippen molar-refractivity contribution in [1.29, 1.82) is 0 Å². The number of hydrogen-bond acceptors (Lipinski definition) is 4. The highest BCUT2D eigenvalue weighted by atomic mass is 16.6. The summed E-state index contributed by atoms with van der Waals surface area (Å²) in [4.78, 5) is 11.5. The van der Waals surface area contributed by atoms with Crippen molar-refractivity contribution in [3.8, 4) is 0 Å². The molecule has 0 amide bonds. The summed E-state index contributed by atoms with van der Waals surface area (Å²) in [6.07, 6.45) is 20.2. The van der Waals surface area contributed by atoms with E-state index in [0.29, 0.717) is 6.42 Å². The molecule has 4 heteroatoms. The standard InChI is InChI=1S/C21H40O4/c1-2-3-4-5-6-7-8-9-10-11-12-13-14-15-16-17-21(24)25-20(18-22)19-23/h7-8,20,22-23H,2-6,9-19H2,1H3/b8-7-. The minimum absolute atomic E-state index is 0.323. The van der Waals surface area contributed by atoms with E-state index in [9.17, 15) is 4.79 Å². The van der Waals surface area contributed by atoms with E-state index in [0.717, 1.165) is 19.3 Å². The van der Waals surface area contributed by atoms with E-state index in [-0.39, 0.29) is 19.2 Å². The van der Waals surface area contributed by atoms with Gasteiger partial charge >= 0.3 is 5.97 Å². The number of esters is 1. The predicted octanol–water partition coefficient (Wildman–Crippen LogP) is 4.92. The molecule has 0 saturated carbocycles. The molecule has 0 atom stereocenters. The highest BCUT2D eigenvalue weighted by Crippen LogP contribution is 2.11. The van der Waals surface area contributed by atoms with Crippen LogP contribution in [-0.4, -0.2) is 35.5 Å². The number of unbranched alkanes of at least 4 members (excludes halogenated alkanes) is 11. The van der Waals surface area contributed by atoms with E-state index in [1.54, 1.807) is 0 Å². The Hall–Kier alpha value is -0.870. The summed E-state index contributed by atoms with van der Waals surface area (Å²) in [6.45, 7) is 1.60. The number of ether oxygens (including phenoxy) is 1. The number of rotatable bonds is 18. The van der Waals surface area contributed by atoms with Gasteiger partial charge in [-0.1, -0.05) is 70.4 Å². The summed E-state index contributed by atoms with van der Waals surface area (Å²) in [7, 11) is 0. The van der Waals surface area contributed by atoms with Crippen LogP contribution in [0.2, 0.25) is 0 Å². The van der Waals surface area contributed by atoms with Gasteiger partial charge in [0.05, 0.1) is 13.2 Å². The molecule has 0 rings (SSSR count). The first-order valence-electron chi connectivity index (χ1n) is 10.3. The molecule has 0 radical (unpaired) electrons. The Labute approximate surface area is 154 Å². The van der Waals surface area contributed by atoms with Crippen molar-refractivity contribution in [3.63, 3.8) is 0 Å². The second-order valence-corrected chi connectivity index (χ2v) is 6.81. The molecular formula is C21H40O4. The van der Waals surface area contributed by atoms with Gasteiger partial charge in [0.25, 0.3) is 0 Å². The maximum absolute atomic E-state index is 11.5. The van der Waals surface area contributed by atoms with Gasteiger partial charge in [-0.05, 0) is 32.1 Å². The summed E-state index contributed by atoms with van der Waals surface area (Å²) >= 11 is 0. The van der Waals surface area contributed by atoms with E-state index in [1.807, 2.05) is 0 Å². The Morgan fingerprint density at radius 3 is 1.80 bits per heavy atom. The molecule has 0 aromatic carbocycles. The Bertz CT molecular complexity index is 311. The lowest BCUT2D eigenvalue weighted by Gasteiger charge is -2.12. The number of carbonyl (C=O) groups excluding carboxylic acids is 1. The Morgan fingerprint density at radius 2 is 1.28 bits per heavy atom. The summed E-state index contributed by atoms with van der Waals surface area (Å²) in [5.41, 5.74) is 0. The smallest absolute Gasteiger partial charge is 0.306 e. The highest BCUT2D eigenvalue weighted by molar-refractivity contribution is 5.69. The third-order valence-electron chi connectivity index (χ3n) is 4.35. The van der Waals surface area contributed by atoms with E-state index < -0.39 is 6.10 Å². The zero-order valence-corrected chi connectivity index (χ0v) is 16.3. The molecule has 2 N–H and O–H groups in total. The monoisotopic (exact) mass is 356 g/mol. The third kappa shape index (κ3) is 17.7. The number of aliphatic hydroxyl groups excluding tert-OH is 2. The molecule has 0 saturated heterocycles. The second-order valence-electron chi connectivity index (χ2n) is 6.81. The van der Waals surface area contributed by atoms with Crippen molar-refractivity contribution in [1.82, 2.24) is 0 Å². The van der Waals surface area contributed by atoms with E-state index in [1.165, 1.54) is 64.2 Å². The van der Waals surface area contributed by atoms with E-state index in [4.69, 9.17) is 14.9 Å². The summed E-state index contributed by atoms with van der Waals surface area (Å²) < 4.78 is 4.92. The zero-order valence-electron chi connectivity index (χ0n) is 16.3. The van der Waals surface area contributed by atoms with Crippen LogP contribution in [0, 0.1) is 0 Å². The van der Waals surface area contributed by atoms with E-state index >= 15 is 0 Å². The van der Waals surface area contributed by atoms with E-state index in [2.05, 4.69) is 19.1 Å². The van der Waals surface area contributed by atoms with Crippen molar-refractivity contribution in [2.24, 2.45) is 0 Å². The molecule has 0 aliphatic heterocycles. The molecule has 0 aromatic heterocycles. The maximum Gasteiger partial charge on any atom is 0.306 e. The van der Waals surface area contributed by atoms with Crippen LogP contribution in [0.3, 0.4) is 0 Å². The molecule has 0 unspecified atom stereocenters. The third-order valence-corrected chi connectivity index (χ3v) is 4.35. The van der Waals surface area contributed by atoms with Crippen LogP contribution in [0.15, 0.2) is 12.2 Å². The molecule has 148 valence electrons. The average molecular weight is 357 g/mol. The van der Waals surface area contributed by atoms with Crippen molar-refractivity contribution in [2.75, 3.05) is 13.2 Å². The fourth-order valence-corrected chi connectivity index (χ4v) is 2.72. The fourth-order valence-electron chi connectivity index (χ4n) is 2.72. The van der Waals surface area contributed by atoms with Gasteiger partial charge in [0.15, 0.2) is 0 Å². The van der Waals surface area contributed by atoms with Gasteiger partial charge < -0.3 is 14.9 Å². The number of hydrogen-bond donors (Lipinski definition) is 2. The molecule has 0 aliphatic carbocycles. The predicted molar refractivity (Wildman–Crippen MR) is 104 cm³/mol. The van der Waals surface area contributed by atoms with Gasteiger partial charge in [0.1, 0.15) is 6.10 Å². The van der Waals surface area contributed by atoms with Crippen LogP contribution in [0.4, 0.5) is 0 Å². The first kappa shape index (κ1) is 24.1. The molecule has 0 aromatic rings. The van der Waals surface area contributed by atoms with Gasteiger partial charge in [0, 0.05) is 6.42 Å². The van der Waals surface area contributed by atoms with Gasteiger partial charge in [-0.2, -0.15) is 0 Å². The lowest BCUT2D eigenvalue weighted by molar-refractivity contribution is -0.153. The summed E-state index contributed by atoms with van der Waals surface area (Å²) in [6, 6.07) is 0. The summed E-state index contributed by atoms with van der Waals surface area (Å²) in [5, 5.41) is 17.7. The van der Waals surface area contributed by atoms with Gasteiger partial charge in [-0.15, -0.1) is 0 Å². The first-order chi connectivity index (χ1) is 12.2. The average Bonchev–Trinajstić information content (AvgIpc) is 2.62. The van der Waals surface area contributed by atoms with Crippen molar-refractivity contribution < 1.29 is 19.7 Å². The lowest BCUT2D eigenvalue weighted by atomic mass is 10.1. The topological polar surface area (TPSA) is 66.8 Å². The minimum Gasteiger partial charge on any atom is -0.457 e. The molecule has 0 aliphatic rings.